The van der Waals surface area contributed by atoms with Crippen LogP contribution in [0.15, 0.2) is 0 Å². The number of ether oxygens (including phenoxy) is 1. The van der Waals surface area contributed by atoms with Crippen LogP contribution >= 0.6 is 0 Å². The molecule has 0 aromatic rings. The van der Waals surface area contributed by atoms with E-state index in [1.807, 2.05) is 20.8 Å². The minimum atomic E-state index is -0.996. The lowest BCUT2D eigenvalue weighted by atomic mass is 9.98. The van der Waals surface area contributed by atoms with Gasteiger partial charge < -0.3 is 20.5 Å². The lowest BCUT2D eigenvalue weighted by Gasteiger charge is -2.30. The number of rotatable bonds is 5. The standard InChI is InChI=1S/C13H24N2O4/c1-8(2)6-11(12(16)17)15-13(18)14-10-4-5-19-7-9(10)3/h8-11H,4-7H2,1-3H3,(H,16,17)(H2,14,15,18). The molecule has 0 bridgehead atoms. The molecule has 19 heavy (non-hydrogen) atoms. The summed E-state index contributed by atoms with van der Waals surface area (Å²) in [4.78, 5) is 22.9. The third kappa shape index (κ3) is 5.46. The third-order valence-electron chi connectivity index (χ3n) is 3.27. The number of carbonyl (C=O) groups excluding carboxylic acids is 1. The van der Waals surface area contributed by atoms with Crippen molar-refractivity contribution in [1.29, 1.82) is 0 Å². The van der Waals surface area contributed by atoms with E-state index in [0.29, 0.717) is 19.6 Å². The van der Waals surface area contributed by atoms with Crippen molar-refractivity contribution >= 4 is 12.0 Å². The van der Waals surface area contributed by atoms with Crippen molar-refractivity contribution in [3.05, 3.63) is 0 Å². The van der Waals surface area contributed by atoms with Gasteiger partial charge in [0.15, 0.2) is 0 Å². The van der Waals surface area contributed by atoms with Gasteiger partial charge in [-0.3, -0.25) is 0 Å². The number of carboxylic acids is 1. The molecule has 1 saturated heterocycles. The summed E-state index contributed by atoms with van der Waals surface area (Å²) in [5, 5.41) is 14.4. The molecule has 1 heterocycles. The normalized spacial score (nSPS) is 24.8. The molecule has 0 radical (unpaired) electrons. The predicted octanol–water partition coefficient (Wildman–Crippen LogP) is 1.21. The van der Waals surface area contributed by atoms with E-state index < -0.39 is 18.0 Å². The zero-order valence-electron chi connectivity index (χ0n) is 11.8. The number of urea groups is 1. The summed E-state index contributed by atoms with van der Waals surface area (Å²) < 4.78 is 5.30. The van der Waals surface area contributed by atoms with Crippen LogP contribution in [0.2, 0.25) is 0 Å². The minimum Gasteiger partial charge on any atom is -0.480 e. The van der Waals surface area contributed by atoms with Crippen LogP contribution < -0.4 is 10.6 Å². The number of aliphatic carboxylic acids is 1. The van der Waals surface area contributed by atoms with E-state index in [2.05, 4.69) is 10.6 Å². The predicted molar refractivity (Wildman–Crippen MR) is 70.9 cm³/mol. The number of hydrogen-bond donors (Lipinski definition) is 3. The van der Waals surface area contributed by atoms with Gasteiger partial charge in [0.2, 0.25) is 0 Å². The van der Waals surface area contributed by atoms with Crippen molar-refractivity contribution in [2.45, 2.75) is 45.7 Å². The van der Waals surface area contributed by atoms with E-state index in [1.54, 1.807) is 0 Å². The maximum absolute atomic E-state index is 11.8. The number of amides is 2. The van der Waals surface area contributed by atoms with Gasteiger partial charge in [-0.2, -0.15) is 0 Å². The zero-order valence-corrected chi connectivity index (χ0v) is 11.8. The molecule has 3 N–H and O–H groups in total. The third-order valence-corrected chi connectivity index (χ3v) is 3.27. The quantitative estimate of drug-likeness (QED) is 0.702. The summed E-state index contributed by atoms with van der Waals surface area (Å²) in [5.41, 5.74) is 0. The highest BCUT2D eigenvalue weighted by Crippen LogP contribution is 2.13. The smallest absolute Gasteiger partial charge is 0.326 e. The molecule has 0 aromatic heterocycles. The van der Waals surface area contributed by atoms with Gasteiger partial charge in [0, 0.05) is 12.6 Å². The van der Waals surface area contributed by atoms with Crippen LogP contribution in [0.4, 0.5) is 4.79 Å². The molecular weight excluding hydrogens is 248 g/mol. The van der Waals surface area contributed by atoms with Crippen LogP contribution in [0.1, 0.15) is 33.6 Å². The van der Waals surface area contributed by atoms with Gasteiger partial charge in [-0.25, -0.2) is 9.59 Å². The van der Waals surface area contributed by atoms with Gasteiger partial charge >= 0.3 is 12.0 Å². The Kier molecular flexibility index (Phi) is 6.08. The summed E-state index contributed by atoms with van der Waals surface area (Å²) >= 11 is 0. The molecule has 1 fully saturated rings. The SMILES string of the molecule is CC(C)CC(NC(=O)NC1CCOCC1C)C(=O)O. The summed E-state index contributed by atoms with van der Waals surface area (Å²) in [6.07, 6.45) is 1.18. The van der Waals surface area contributed by atoms with Crippen molar-refractivity contribution in [3.8, 4) is 0 Å². The Bertz CT molecular complexity index is 320. The van der Waals surface area contributed by atoms with E-state index in [1.165, 1.54) is 0 Å². The Balaban J connectivity index is 2.45. The van der Waals surface area contributed by atoms with Gasteiger partial charge in [0.05, 0.1) is 6.61 Å². The second-order valence-corrected chi connectivity index (χ2v) is 5.59. The number of carboxylic acid groups (broad SMARTS) is 1. The summed E-state index contributed by atoms with van der Waals surface area (Å²) in [6.45, 7) is 7.11. The molecule has 3 unspecified atom stereocenters. The van der Waals surface area contributed by atoms with E-state index in [-0.39, 0.29) is 17.9 Å². The second kappa shape index (κ2) is 7.33. The molecule has 0 saturated carbocycles. The van der Waals surface area contributed by atoms with Gasteiger partial charge in [-0.1, -0.05) is 20.8 Å². The minimum absolute atomic E-state index is 0.0437. The Hall–Kier alpha value is -1.30. The first-order valence-corrected chi connectivity index (χ1v) is 6.77. The van der Waals surface area contributed by atoms with E-state index in [4.69, 9.17) is 9.84 Å². The van der Waals surface area contributed by atoms with Crippen molar-refractivity contribution in [2.75, 3.05) is 13.2 Å². The highest BCUT2D eigenvalue weighted by atomic mass is 16.5. The Morgan fingerprint density at radius 1 is 1.42 bits per heavy atom. The van der Waals surface area contributed by atoms with Crippen LogP contribution in [0.5, 0.6) is 0 Å². The molecule has 0 spiro atoms. The van der Waals surface area contributed by atoms with Gasteiger partial charge in [-0.15, -0.1) is 0 Å². The average molecular weight is 272 g/mol. The summed E-state index contributed by atoms with van der Waals surface area (Å²) in [7, 11) is 0. The van der Waals surface area contributed by atoms with Crippen LogP contribution in [-0.2, 0) is 9.53 Å². The Labute approximate surface area is 113 Å². The molecule has 0 aromatic carbocycles. The van der Waals surface area contributed by atoms with Crippen molar-refractivity contribution < 1.29 is 19.4 Å². The van der Waals surface area contributed by atoms with E-state index in [0.717, 1.165) is 6.42 Å². The average Bonchev–Trinajstić information content (AvgIpc) is 2.30. The number of carbonyl (C=O) groups is 2. The van der Waals surface area contributed by atoms with Crippen molar-refractivity contribution in [3.63, 3.8) is 0 Å². The van der Waals surface area contributed by atoms with Crippen LogP contribution in [0, 0.1) is 11.8 Å². The molecule has 6 heteroatoms. The molecular formula is C13H24N2O4. The highest BCUT2D eigenvalue weighted by Gasteiger charge is 2.26. The van der Waals surface area contributed by atoms with Gasteiger partial charge in [0.25, 0.3) is 0 Å². The first-order valence-electron chi connectivity index (χ1n) is 6.77. The number of nitrogens with one attached hydrogen (secondary N) is 2. The van der Waals surface area contributed by atoms with Gasteiger partial charge in [0.1, 0.15) is 6.04 Å². The van der Waals surface area contributed by atoms with Crippen LogP contribution in [0.3, 0.4) is 0 Å². The molecule has 1 rings (SSSR count). The molecule has 1 aliphatic rings. The topological polar surface area (TPSA) is 87.7 Å². The lowest BCUT2D eigenvalue weighted by molar-refractivity contribution is -0.139. The van der Waals surface area contributed by atoms with E-state index >= 15 is 0 Å². The molecule has 3 atom stereocenters. The van der Waals surface area contributed by atoms with Crippen molar-refractivity contribution in [1.82, 2.24) is 10.6 Å². The Morgan fingerprint density at radius 3 is 2.63 bits per heavy atom. The summed E-state index contributed by atoms with van der Waals surface area (Å²) in [5.74, 6) is -0.542. The zero-order chi connectivity index (χ0) is 14.4. The molecule has 0 aliphatic carbocycles. The first-order chi connectivity index (χ1) is 8.90. The Morgan fingerprint density at radius 2 is 2.11 bits per heavy atom. The monoisotopic (exact) mass is 272 g/mol. The fraction of sp³-hybridized carbons (Fsp3) is 0.846. The van der Waals surface area contributed by atoms with Crippen molar-refractivity contribution in [2.24, 2.45) is 11.8 Å². The second-order valence-electron chi connectivity index (χ2n) is 5.59. The maximum atomic E-state index is 11.8. The fourth-order valence-corrected chi connectivity index (χ4v) is 2.16. The maximum Gasteiger partial charge on any atom is 0.326 e. The van der Waals surface area contributed by atoms with Crippen LogP contribution in [0.25, 0.3) is 0 Å². The summed E-state index contributed by atoms with van der Waals surface area (Å²) in [6, 6.07) is -1.20. The fourth-order valence-electron chi connectivity index (χ4n) is 2.16. The van der Waals surface area contributed by atoms with Gasteiger partial charge in [-0.05, 0) is 24.7 Å². The van der Waals surface area contributed by atoms with E-state index in [9.17, 15) is 9.59 Å². The highest BCUT2D eigenvalue weighted by molar-refractivity contribution is 5.82. The van der Waals surface area contributed by atoms with Crippen LogP contribution in [-0.4, -0.2) is 42.4 Å². The largest absolute Gasteiger partial charge is 0.480 e. The lowest BCUT2D eigenvalue weighted by Crippen LogP contribution is -2.52. The molecule has 6 nitrogen and oxygen atoms in total. The number of hydrogen-bond acceptors (Lipinski definition) is 3. The molecule has 1 aliphatic heterocycles. The molecule has 2 amide bonds. The first kappa shape index (κ1) is 15.8. The molecule has 110 valence electrons.